The number of rotatable bonds is 4. The Kier molecular flexibility index (Phi) is 4.21. The highest BCUT2D eigenvalue weighted by Crippen LogP contribution is 2.36. The van der Waals surface area contributed by atoms with Crippen LogP contribution in [-0.2, 0) is 6.42 Å². The van der Waals surface area contributed by atoms with Crippen molar-refractivity contribution in [2.45, 2.75) is 20.3 Å². The molecule has 0 amide bonds. The first-order valence-electron chi connectivity index (χ1n) is 7.74. The second kappa shape index (κ2) is 6.32. The molecule has 2 aromatic carbocycles. The summed E-state index contributed by atoms with van der Waals surface area (Å²) in [5.74, 6) is 1.35. The van der Waals surface area contributed by atoms with E-state index in [9.17, 15) is 10.2 Å². The van der Waals surface area contributed by atoms with Crippen molar-refractivity contribution in [3.8, 4) is 28.6 Å². The van der Waals surface area contributed by atoms with Crippen molar-refractivity contribution < 1.29 is 19.4 Å². The van der Waals surface area contributed by atoms with Gasteiger partial charge >= 0.3 is 0 Å². The summed E-state index contributed by atoms with van der Waals surface area (Å²) >= 11 is 0. The largest absolute Gasteiger partial charge is 0.508 e. The van der Waals surface area contributed by atoms with Gasteiger partial charge in [-0.2, -0.15) is 0 Å². The van der Waals surface area contributed by atoms with Gasteiger partial charge in [0.05, 0.1) is 7.11 Å². The van der Waals surface area contributed by atoms with E-state index < -0.39 is 0 Å². The van der Waals surface area contributed by atoms with Crippen molar-refractivity contribution in [2.24, 2.45) is 0 Å². The van der Waals surface area contributed by atoms with Crippen LogP contribution in [0.15, 0.2) is 52.5 Å². The van der Waals surface area contributed by atoms with Crippen molar-refractivity contribution in [1.29, 1.82) is 0 Å². The van der Waals surface area contributed by atoms with E-state index in [0.29, 0.717) is 17.7 Å². The molecule has 0 aliphatic rings. The number of phenolic OH excluding ortho intramolecular Hbond substituents is 2. The highest BCUT2D eigenvalue weighted by atomic mass is 16.5. The molecule has 0 aliphatic carbocycles. The fraction of sp³-hybridized carbons (Fsp3) is 0.200. The van der Waals surface area contributed by atoms with Crippen molar-refractivity contribution in [2.75, 3.05) is 7.11 Å². The van der Waals surface area contributed by atoms with Crippen LogP contribution in [0.2, 0.25) is 0 Å². The van der Waals surface area contributed by atoms with Gasteiger partial charge in [0.2, 0.25) is 0 Å². The van der Waals surface area contributed by atoms with Gasteiger partial charge in [-0.25, -0.2) is 0 Å². The average molecular weight is 324 g/mol. The third-order valence-corrected chi connectivity index (χ3v) is 3.87. The number of methoxy groups -OCH3 is 1. The maximum atomic E-state index is 9.68. The van der Waals surface area contributed by atoms with Crippen molar-refractivity contribution in [3.05, 3.63) is 53.6 Å². The molecule has 0 fully saturated rings. The summed E-state index contributed by atoms with van der Waals surface area (Å²) < 4.78 is 11.5. The Labute approximate surface area is 140 Å². The zero-order valence-electron chi connectivity index (χ0n) is 14.0. The van der Waals surface area contributed by atoms with Gasteiger partial charge < -0.3 is 19.4 Å². The van der Waals surface area contributed by atoms with Crippen LogP contribution < -0.4 is 4.74 Å². The Bertz CT molecular complexity index is 895. The number of ether oxygens (including phenoxy) is 1. The summed E-state index contributed by atoms with van der Waals surface area (Å²) in [5, 5.41) is 20.3. The first kappa shape index (κ1) is 16.0. The van der Waals surface area contributed by atoms with Crippen LogP contribution in [0.25, 0.3) is 22.3 Å². The molecule has 3 aromatic rings. The molecular weight excluding hydrogens is 304 g/mol. The maximum Gasteiger partial charge on any atom is 0.142 e. The van der Waals surface area contributed by atoms with Crippen molar-refractivity contribution in [3.63, 3.8) is 0 Å². The molecule has 2 N–H and O–H groups in total. The van der Waals surface area contributed by atoms with E-state index in [1.54, 1.807) is 19.2 Å². The number of hydrogen-bond acceptors (Lipinski definition) is 4. The molecule has 0 saturated heterocycles. The molecule has 0 atom stereocenters. The van der Waals surface area contributed by atoms with Crippen LogP contribution in [0.3, 0.4) is 0 Å². The Hall–Kier alpha value is -2.88. The van der Waals surface area contributed by atoms with E-state index in [2.05, 4.69) is 19.9 Å². The molecule has 4 nitrogen and oxygen atoms in total. The van der Waals surface area contributed by atoms with Gasteiger partial charge in [0.1, 0.15) is 28.6 Å². The Morgan fingerprint density at radius 1 is 1.08 bits per heavy atom. The fourth-order valence-corrected chi connectivity index (χ4v) is 2.71. The normalized spacial score (nSPS) is 10.8. The lowest BCUT2D eigenvalue weighted by Gasteiger charge is -2.07. The molecule has 0 unspecified atom stereocenters. The van der Waals surface area contributed by atoms with E-state index >= 15 is 0 Å². The zero-order chi connectivity index (χ0) is 17.3. The topological polar surface area (TPSA) is 62.8 Å². The molecule has 0 radical (unpaired) electrons. The highest BCUT2D eigenvalue weighted by molar-refractivity contribution is 5.87. The van der Waals surface area contributed by atoms with E-state index in [1.165, 1.54) is 11.6 Å². The lowest BCUT2D eigenvalue weighted by molar-refractivity contribution is 0.410. The van der Waals surface area contributed by atoms with E-state index in [1.807, 2.05) is 18.2 Å². The van der Waals surface area contributed by atoms with Crippen LogP contribution >= 0.6 is 0 Å². The van der Waals surface area contributed by atoms with Crippen LogP contribution in [0.4, 0.5) is 0 Å². The highest BCUT2D eigenvalue weighted by Gasteiger charge is 2.14. The van der Waals surface area contributed by atoms with Crippen LogP contribution in [0.1, 0.15) is 19.4 Å². The van der Waals surface area contributed by atoms with Gasteiger partial charge in [0, 0.05) is 22.6 Å². The monoisotopic (exact) mass is 324 g/mol. The molecule has 0 bridgehead atoms. The summed E-state index contributed by atoms with van der Waals surface area (Å²) in [5.41, 5.74) is 3.58. The minimum absolute atomic E-state index is 0.00667. The SMILES string of the molecule is COc1ccc2cc(-c3cc(O)cc(O)c3)oc2c1CC=C(C)C. The molecule has 3 rings (SSSR count). The van der Waals surface area contributed by atoms with Crippen LogP contribution in [0.5, 0.6) is 17.2 Å². The zero-order valence-corrected chi connectivity index (χ0v) is 14.0. The molecule has 0 aliphatic heterocycles. The minimum atomic E-state index is -0.00667. The molecule has 0 spiro atoms. The van der Waals surface area contributed by atoms with Crippen molar-refractivity contribution >= 4 is 11.0 Å². The van der Waals surface area contributed by atoms with E-state index in [0.717, 1.165) is 22.3 Å². The van der Waals surface area contributed by atoms with Gasteiger partial charge in [0.25, 0.3) is 0 Å². The summed E-state index contributed by atoms with van der Waals surface area (Å²) in [6.45, 7) is 4.10. The van der Waals surface area contributed by atoms with Crippen LogP contribution in [0, 0.1) is 0 Å². The third kappa shape index (κ3) is 3.08. The minimum Gasteiger partial charge on any atom is -0.508 e. The predicted octanol–water partition coefficient (Wildman–Crippen LogP) is 5.03. The number of furan rings is 1. The van der Waals surface area contributed by atoms with Gasteiger partial charge in [-0.15, -0.1) is 0 Å². The molecule has 24 heavy (non-hydrogen) atoms. The molecule has 0 saturated carbocycles. The predicted molar refractivity (Wildman–Crippen MR) is 94.7 cm³/mol. The summed E-state index contributed by atoms with van der Waals surface area (Å²) in [6, 6.07) is 10.2. The van der Waals surface area contributed by atoms with Gasteiger partial charge in [-0.05, 0) is 50.6 Å². The average Bonchev–Trinajstić information content (AvgIpc) is 2.95. The molecule has 4 heteroatoms. The number of fused-ring (bicyclic) bond motifs is 1. The third-order valence-electron chi connectivity index (χ3n) is 3.87. The van der Waals surface area contributed by atoms with E-state index in [-0.39, 0.29) is 11.5 Å². The second-order valence-electron chi connectivity index (χ2n) is 6.00. The Morgan fingerprint density at radius 3 is 2.42 bits per heavy atom. The Balaban J connectivity index is 2.16. The summed E-state index contributed by atoms with van der Waals surface area (Å²) in [4.78, 5) is 0. The molecule has 1 heterocycles. The standard InChI is InChI=1S/C20H20O4/c1-12(2)4-6-17-18(23-3)7-5-13-10-19(24-20(13)17)14-8-15(21)11-16(22)9-14/h4-5,7-11,21-22H,6H2,1-3H3. The number of aromatic hydroxyl groups is 2. The van der Waals surface area contributed by atoms with Gasteiger partial charge in [-0.1, -0.05) is 11.6 Å². The van der Waals surface area contributed by atoms with Gasteiger partial charge in [-0.3, -0.25) is 0 Å². The van der Waals surface area contributed by atoms with Gasteiger partial charge in [0.15, 0.2) is 0 Å². The summed E-state index contributed by atoms with van der Waals surface area (Å²) in [6.07, 6.45) is 2.83. The molecule has 1 aromatic heterocycles. The smallest absolute Gasteiger partial charge is 0.142 e. The maximum absolute atomic E-state index is 9.68. The second-order valence-corrected chi connectivity index (χ2v) is 6.00. The fourth-order valence-electron chi connectivity index (χ4n) is 2.71. The lowest BCUT2D eigenvalue weighted by atomic mass is 10.1. The Morgan fingerprint density at radius 2 is 1.79 bits per heavy atom. The first-order chi connectivity index (χ1) is 11.5. The number of benzene rings is 2. The molecule has 124 valence electrons. The van der Waals surface area contributed by atoms with E-state index in [4.69, 9.17) is 9.15 Å². The lowest BCUT2D eigenvalue weighted by Crippen LogP contribution is -1.91. The van der Waals surface area contributed by atoms with Crippen LogP contribution in [-0.4, -0.2) is 17.3 Å². The number of allylic oxidation sites excluding steroid dienone is 2. The number of phenols is 2. The first-order valence-corrected chi connectivity index (χ1v) is 7.74. The quantitative estimate of drug-likeness (QED) is 0.661. The van der Waals surface area contributed by atoms with Crippen molar-refractivity contribution in [1.82, 2.24) is 0 Å². The number of hydrogen-bond donors (Lipinski definition) is 2. The summed E-state index contributed by atoms with van der Waals surface area (Å²) in [7, 11) is 1.64. The molecular formula is C20H20O4.